The molecule has 8 rings (SSSR count). The maximum atomic E-state index is 15.3. The number of aliphatic hydroxyl groups is 2. The molecular formula is C34H35FN6O2. The van der Waals surface area contributed by atoms with Crippen LogP contribution in [0.2, 0.25) is 0 Å². The van der Waals surface area contributed by atoms with E-state index < -0.39 is 12.0 Å². The second-order valence-corrected chi connectivity index (χ2v) is 12.4. The molecule has 9 heteroatoms. The van der Waals surface area contributed by atoms with Gasteiger partial charge in [-0.3, -0.25) is 4.90 Å². The molecule has 0 spiro atoms. The van der Waals surface area contributed by atoms with Crippen LogP contribution in [0.3, 0.4) is 0 Å². The van der Waals surface area contributed by atoms with E-state index in [4.69, 9.17) is 5.73 Å². The van der Waals surface area contributed by atoms with Gasteiger partial charge in [-0.05, 0) is 84.9 Å². The number of aromatic amines is 1. The third kappa shape index (κ3) is 4.81. The summed E-state index contributed by atoms with van der Waals surface area (Å²) in [6.45, 7) is 2.84. The fraction of sp³-hybridized carbons (Fsp3) is 0.353. The zero-order chi connectivity index (χ0) is 29.2. The Kier molecular flexibility index (Phi) is 6.36. The van der Waals surface area contributed by atoms with Gasteiger partial charge < -0.3 is 25.8 Å². The number of aromatic nitrogens is 3. The summed E-state index contributed by atoms with van der Waals surface area (Å²) in [5.74, 6) is 0.985. The number of aliphatic hydroxyl groups excluding tert-OH is 2. The number of hydrogen-bond acceptors (Lipinski definition) is 7. The van der Waals surface area contributed by atoms with Crippen LogP contribution in [0.1, 0.15) is 72.2 Å². The first-order chi connectivity index (χ1) is 21.0. The highest BCUT2D eigenvalue weighted by molar-refractivity contribution is 5.96. The number of halogens is 1. The number of rotatable bonds is 7. The van der Waals surface area contributed by atoms with Crippen molar-refractivity contribution in [3.05, 3.63) is 82.4 Å². The Bertz CT molecular complexity index is 1800. The molecule has 2 aliphatic carbocycles. The van der Waals surface area contributed by atoms with Gasteiger partial charge in [-0.25, -0.2) is 9.37 Å². The van der Waals surface area contributed by atoms with E-state index >= 15 is 4.39 Å². The summed E-state index contributed by atoms with van der Waals surface area (Å²) in [6.07, 6.45) is 10.4. The first-order valence-corrected chi connectivity index (χ1v) is 15.3. The predicted molar refractivity (Wildman–Crippen MR) is 166 cm³/mol. The van der Waals surface area contributed by atoms with Gasteiger partial charge in [0.15, 0.2) is 6.23 Å². The van der Waals surface area contributed by atoms with E-state index in [1.807, 2.05) is 30.3 Å². The molecule has 4 aliphatic rings. The van der Waals surface area contributed by atoms with Gasteiger partial charge in [-0.1, -0.05) is 24.3 Å². The molecule has 0 amide bonds. The molecule has 43 heavy (non-hydrogen) atoms. The predicted octanol–water partition coefficient (Wildman–Crippen LogP) is 5.70. The van der Waals surface area contributed by atoms with Crippen molar-refractivity contribution in [2.24, 2.45) is 5.92 Å². The molecule has 0 radical (unpaired) electrons. The van der Waals surface area contributed by atoms with Crippen molar-refractivity contribution >= 4 is 34.3 Å². The first kappa shape index (κ1) is 26.6. The van der Waals surface area contributed by atoms with E-state index in [2.05, 4.69) is 32.0 Å². The topological polar surface area (TPSA) is 115 Å². The maximum absolute atomic E-state index is 15.3. The molecule has 1 atom stereocenters. The summed E-state index contributed by atoms with van der Waals surface area (Å²) in [7, 11) is 0. The number of fused-ring (bicyclic) bond motifs is 2. The molecule has 2 aliphatic heterocycles. The van der Waals surface area contributed by atoms with Crippen molar-refractivity contribution < 1.29 is 14.6 Å². The molecule has 8 nitrogen and oxygen atoms in total. The number of H-pyrrole nitrogens is 1. The van der Waals surface area contributed by atoms with Crippen LogP contribution in [-0.2, 0) is 6.61 Å². The molecule has 2 aromatic carbocycles. The van der Waals surface area contributed by atoms with Crippen LogP contribution < -0.4 is 10.6 Å². The summed E-state index contributed by atoms with van der Waals surface area (Å²) in [5.41, 5.74) is 13.4. The minimum Gasteiger partial charge on any atom is -0.392 e. The number of nitrogens with one attached hydrogen (secondary N) is 1. The van der Waals surface area contributed by atoms with Crippen LogP contribution in [0.25, 0.3) is 33.9 Å². The van der Waals surface area contributed by atoms with Crippen molar-refractivity contribution in [2.75, 3.05) is 30.3 Å². The van der Waals surface area contributed by atoms with Crippen LogP contribution in [0.15, 0.2) is 48.7 Å². The van der Waals surface area contributed by atoms with Crippen molar-refractivity contribution in [3.8, 4) is 11.3 Å². The van der Waals surface area contributed by atoms with Gasteiger partial charge in [0.25, 0.3) is 0 Å². The summed E-state index contributed by atoms with van der Waals surface area (Å²) in [4.78, 5) is 16.7. The molecule has 0 bridgehead atoms. The van der Waals surface area contributed by atoms with Gasteiger partial charge in [0.2, 0.25) is 5.95 Å². The Morgan fingerprint density at radius 3 is 2.70 bits per heavy atom. The van der Waals surface area contributed by atoms with Gasteiger partial charge in [-0.15, -0.1) is 0 Å². The number of anilines is 2. The molecule has 0 saturated heterocycles. The average Bonchev–Trinajstić information content (AvgIpc) is 3.95. The third-order valence-electron chi connectivity index (χ3n) is 9.37. The monoisotopic (exact) mass is 578 g/mol. The van der Waals surface area contributed by atoms with Crippen molar-refractivity contribution in [2.45, 2.75) is 50.9 Å². The van der Waals surface area contributed by atoms with Gasteiger partial charge in [-0.2, -0.15) is 4.98 Å². The van der Waals surface area contributed by atoms with Crippen molar-refractivity contribution in [1.29, 1.82) is 0 Å². The fourth-order valence-corrected chi connectivity index (χ4v) is 6.71. The number of nitrogens with zero attached hydrogens (tertiary/aromatic N) is 4. The lowest BCUT2D eigenvalue weighted by molar-refractivity contribution is 0.176. The normalized spacial score (nSPS) is 20.5. The standard InChI is InChI=1S/C34H35FN6O2/c35-27-15-23(20-6-7-20)14-22-10-13-41(33(43)30(22)27)29-3-1-2-24(26(29)18-42)31-25-16-28(37-32(25)39-34(36)38-31)21-8-11-40(12-9-21)17-19-4-5-19/h1-3,8,10,13-16,19-20,33,42-43H,4-7,9,11-12,17-18H2,(H3,36,37,38,39). The Morgan fingerprint density at radius 2 is 1.95 bits per heavy atom. The van der Waals surface area contributed by atoms with Gasteiger partial charge in [0, 0.05) is 59.3 Å². The fourth-order valence-electron chi connectivity index (χ4n) is 6.71. The van der Waals surface area contributed by atoms with Gasteiger partial charge in [0.05, 0.1) is 12.3 Å². The summed E-state index contributed by atoms with van der Waals surface area (Å²) in [5, 5.41) is 22.9. The summed E-state index contributed by atoms with van der Waals surface area (Å²) in [6, 6.07) is 11.1. The quantitative estimate of drug-likeness (QED) is 0.223. The van der Waals surface area contributed by atoms with E-state index in [-0.39, 0.29) is 18.1 Å². The van der Waals surface area contributed by atoms with Crippen molar-refractivity contribution in [1.82, 2.24) is 19.9 Å². The van der Waals surface area contributed by atoms with Crippen LogP contribution >= 0.6 is 0 Å². The molecule has 4 heterocycles. The van der Waals surface area contributed by atoms with Crippen LogP contribution in [0.5, 0.6) is 0 Å². The van der Waals surface area contributed by atoms with Gasteiger partial charge >= 0.3 is 0 Å². The number of hydrogen-bond donors (Lipinski definition) is 4. The van der Waals surface area contributed by atoms with Crippen LogP contribution in [0.4, 0.5) is 16.0 Å². The lowest BCUT2D eigenvalue weighted by Crippen LogP contribution is -2.30. The Morgan fingerprint density at radius 1 is 1.09 bits per heavy atom. The maximum Gasteiger partial charge on any atom is 0.222 e. The van der Waals surface area contributed by atoms with Crippen LogP contribution in [0, 0.1) is 11.7 Å². The van der Waals surface area contributed by atoms with Crippen LogP contribution in [-0.4, -0.2) is 49.7 Å². The first-order valence-electron chi connectivity index (χ1n) is 15.3. The molecule has 2 aromatic heterocycles. The number of nitrogen functional groups attached to an aromatic ring is 1. The SMILES string of the molecule is Nc1nc(-c2cccc(N3C=Cc4cc(C5CC5)cc(F)c4C3O)c2CO)c2cc(C3=CCN(CC4CC4)CC3)[nH]c2n1. The molecular weight excluding hydrogens is 543 g/mol. The zero-order valence-corrected chi connectivity index (χ0v) is 23.9. The summed E-state index contributed by atoms with van der Waals surface area (Å²) < 4.78 is 15.3. The number of benzene rings is 2. The molecule has 2 fully saturated rings. The Balaban J connectivity index is 1.16. The van der Waals surface area contributed by atoms with E-state index in [9.17, 15) is 10.2 Å². The van der Waals surface area contributed by atoms with E-state index in [1.165, 1.54) is 25.0 Å². The molecule has 2 saturated carbocycles. The number of nitrogens with two attached hydrogens (primary N) is 1. The molecule has 5 N–H and O–H groups in total. The smallest absolute Gasteiger partial charge is 0.222 e. The lowest BCUT2D eigenvalue weighted by atomic mass is 9.95. The Labute approximate surface area is 249 Å². The van der Waals surface area contributed by atoms with E-state index in [0.29, 0.717) is 39.6 Å². The van der Waals surface area contributed by atoms with Gasteiger partial charge in [0.1, 0.15) is 11.5 Å². The highest BCUT2D eigenvalue weighted by atomic mass is 19.1. The summed E-state index contributed by atoms with van der Waals surface area (Å²) >= 11 is 0. The second-order valence-electron chi connectivity index (χ2n) is 12.4. The largest absolute Gasteiger partial charge is 0.392 e. The average molecular weight is 579 g/mol. The second kappa shape index (κ2) is 10.3. The minimum absolute atomic E-state index is 0.124. The highest BCUT2D eigenvalue weighted by Crippen LogP contribution is 2.44. The highest BCUT2D eigenvalue weighted by Gasteiger charge is 2.32. The lowest BCUT2D eigenvalue weighted by Gasteiger charge is -2.33. The molecule has 220 valence electrons. The minimum atomic E-state index is -1.25. The molecule has 4 aromatic rings. The van der Waals surface area contributed by atoms with E-state index in [0.717, 1.165) is 54.9 Å². The Hall–Kier alpha value is -4.05. The third-order valence-corrected chi connectivity index (χ3v) is 9.37. The zero-order valence-electron chi connectivity index (χ0n) is 23.9. The van der Waals surface area contributed by atoms with E-state index in [1.54, 1.807) is 17.2 Å². The van der Waals surface area contributed by atoms with Crippen molar-refractivity contribution in [3.63, 3.8) is 0 Å². The molecule has 1 unspecified atom stereocenters.